The number of aliphatic hydroxyl groups excluding tert-OH is 1. The van der Waals surface area contributed by atoms with Gasteiger partial charge in [-0.3, -0.25) is 4.68 Å². The highest BCUT2D eigenvalue weighted by atomic mass is 79.9. The Balaban J connectivity index is 2.32. The maximum absolute atomic E-state index is 13.0. The van der Waals surface area contributed by atoms with E-state index in [1.807, 2.05) is 0 Å². The monoisotopic (exact) mass is 348 g/mol. The minimum atomic E-state index is -4.50. The number of aromatic nitrogens is 2. The third kappa shape index (κ3) is 3.40. The minimum Gasteiger partial charge on any atom is -0.388 e. The average molecular weight is 349 g/mol. The van der Waals surface area contributed by atoms with Crippen molar-refractivity contribution in [1.82, 2.24) is 9.78 Å². The van der Waals surface area contributed by atoms with Gasteiger partial charge in [0.15, 0.2) is 0 Å². The van der Waals surface area contributed by atoms with Crippen LogP contribution in [0.5, 0.6) is 0 Å². The predicted molar refractivity (Wildman–Crippen MR) is 71.0 cm³/mol. The Morgan fingerprint density at radius 1 is 1.40 bits per heavy atom. The first-order valence-corrected chi connectivity index (χ1v) is 6.59. The average Bonchev–Trinajstić information content (AvgIpc) is 2.73. The zero-order valence-corrected chi connectivity index (χ0v) is 12.1. The van der Waals surface area contributed by atoms with Crippen LogP contribution in [0.25, 0.3) is 0 Å². The Labute approximate surface area is 122 Å². The van der Waals surface area contributed by atoms with E-state index in [0.717, 1.165) is 6.07 Å². The molecule has 0 aliphatic carbocycles. The number of rotatable bonds is 3. The van der Waals surface area contributed by atoms with E-state index < -0.39 is 17.8 Å². The highest BCUT2D eigenvalue weighted by Gasteiger charge is 2.35. The molecule has 1 aromatic carbocycles. The van der Waals surface area contributed by atoms with Gasteiger partial charge in [-0.05, 0) is 23.3 Å². The summed E-state index contributed by atoms with van der Waals surface area (Å²) in [6, 6.07) is 3.74. The standard InChI is InChI=1S/C13H12BrF3N2O/c1-19-7-8(6-18-19)4-12(20)10-3-2-9(14)5-11(10)13(15,16)17/h2-3,5-7,12,20H,4H2,1H3. The van der Waals surface area contributed by atoms with E-state index in [4.69, 9.17) is 0 Å². The predicted octanol–water partition coefficient (Wildman–Crippen LogP) is 3.48. The van der Waals surface area contributed by atoms with Crippen molar-refractivity contribution in [3.63, 3.8) is 0 Å². The zero-order valence-electron chi connectivity index (χ0n) is 10.5. The molecule has 0 saturated heterocycles. The number of halogens is 4. The molecule has 0 radical (unpaired) electrons. The van der Waals surface area contributed by atoms with Crippen molar-refractivity contribution in [2.75, 3.05) is 0 Å². The number of hydrogen-bond acceptors (Lipinski definition) is 2. The van der Waals surface area contributed by atoms with Crippen LogP contribution in [-0.2, 0) is 19.6 Å². The normalized spacial score (nSPS) is 13.5. The van der Waals surface area contributed by atoms with Gasteiger partial charge >= 0.3 is 6.18 Å². The summed E-state index contributed by atoms with van der Waals surface area (Å²) >= 11 is 3.01. The van der Waals surface area contributed by atoms with Crippen LogP contribution in [0.2, 0.25) is 0 Å². The fourth-order valence-corrected chi connectivity index (χ4v) is 2.34. The quantitative estimate of drug-likeness (QED) is 0.922. The first-order chi connectivity index (χ1) is 9.27. The van der Waals surface area contributed by atoms with E-state index in [1.165, 1.54) is 23.0 Å². The van der Waals surface area contributed by atoms with Crippen molar-refractivity contribution in [2.24, 2.45) is 7.05 Å². The van der Waals surface area contributed by atoms with Crippen LogP contribution in [0.4, 0.5) is 13.2 Å². The van der Waals surface area contributed by atoms with E-state index in [9.17, 15) is 18.3 Å². The summed E-state index contributed by atoms with van der Waals surface area (Å²) in [4.78, 5) is 0. The maximum atomic E-state index is 13.0. The largest absolute Gasteiger partial charge is 0.416 e. The molecule has 0 aliphatic rings. The molecule has 0 fully saturated rings. The highest BCUT2D eigenvalue weighted by Crippen LogP contribution is 2.37. The molecule has 20 heavy (non-hydrogen) atoms. The van der Waals surface area contributed by atoms with Gasteiger partial charge in [0, 0.05) is 24.1 Å². The number of benzene rings is 1. The lowest BCUT2D eigenvalue weighted by Gasteiger charge is -2.17. The smallest absolute Gasteiger partial charge is 0.388 e. The number of alkyl halides is 3. The van der Waals surface area contributed by atoms with Crippen molar-refractivity contribution in [3.8, 4) is 0 Å². The molecule has 7 heteroatoms. The molecule has 0 aliphatic heterocycles. The number of hydrogen-bond donors (Lipinski definition) is 1. The lowest BCUT2D eigenvalue weighted by atomic mass is 9.98. The summed E-state index contributed by atoms with van der Waals surface area (Å²) in [5.41, 5.74) is -0.288. The van der Waals surface area contributed by atoms with Crippen molar-refractivity contribution < 1.29 is 18.3 Å². The van der Waals surface area contributed by atoms with Crippen LogP contribution in [0, 0.1) is 0 Å². The van der Waals surface area contributed by atoms with E-state index in [-0.39, 0.29) is 12.0 Å². The lowest BCUT2D eigenvalue weighted by molar-refractivity contribution is -0.139. The molecule has 1 N–H and O–H groups in total. The van der Waals surface area contributed by atoms with Gasteiger partial charge in [0.05, 0.1) is 17.9 Å². The number of nitrogens with zero attached hydrogens (tertiary/aromatic N) is 2. The van der Waals surface area contributed by atoms with Gasteiger partial charge in [0.2, 0.25) is 0 Å². The second kappa shape index (κ2) is 5.57. The van der Waals surface area contributed by atoms with E-state index >= 15 is 0 Å². The topological polar surface area (TPSA) is 38.0 Å². The molecule has 3 nitrogen and oxygen atoms in total. The van der Waals surface area contributed by atoms with Crippen molar-refractivity contribution in [1.29, 1.82) is 0 Å². The summed E-state index contributed by atoms with van der Waals surface area (Å²) in [5.74, 6) is 0. The third-order valence-corrected chi connectivity index (χ3v) is 3.36. The SMILES string of the molecule is Cn1cc(CC(O)c2ccc(Br)cc2C(F)(F)F)cn1. The van der Waals surface area contributed by atoms with Crippen molar-refractivity contribution in [3.05, 3.63) is 51.8 Å². The zero-order chi connectivity index (χ0) is 14.9. The molecule has 1 heterocycles. The molecular formula is C13H12BrF3N2O. The van der Waals surface area contributed by atoms with Crippen LogP contribution >= 0.6 is 15.9 Å². The molecule has 1 aromatic heterocycles. The second-order valence-electron chi connectivity index (χ2n) is 4.47. The molecule has 0 spiro atoms. The summed E-state index contributed by atoms with van der Waals surface area (Å²) < 4.78 is 40.8. The van der Waals surface area contributed by atoms with E-state index in [2.05, 4.69) is 21.0 Å². The molecular weight excluding hydrogens is 337 g/mol. The Bertz CT molecular complexity index is 610. The van der Waals surface area contributed by atoms with Crippen LogP contribution in [0.1, 0.15) is 22.8 Å². The Morgan fingerprint density at radius 2 is 2.10 bits per heavy atom. The van der Waals surface area contributed by atoms with Gasteiger partial charge in [-0.25, -0.2) is 0 Å². The van der Waals surface area contributed by atoms with Gasteiger partial charge < -0.3 is 5.11 Å². The fraction of sp³-hybridized carbons (Fsp3) is 0.308. The lowest BCUT2D eigenvalue weighted by Crippen LogP contribution is -2.13. The second-order valence-corrected chi connectivity index (χ2v) is 5.39. The van der Waals surface area contributed by atoms with Crippen molar-refractivity contribution in [2.45, 2.75) is 18.7 Å². The first kappa shape index (κ1) is 15.1. The highest BCUT2D eigenvalue weighted by molar-refractivity contribution is 9.10. The van der Waals surface area contributed by atoms with Crippen LogP contribution in [-0.4, -0.2) is 14.9 Å². The molecule has 108 valence electrons. The Morgan fingerprint density at radius 3 is 2.65 bits per heavy atom. The van der Waals surface area contributed by atoms with Crippen LogP contribution in [0.3, 0.4) is 0 Å². The molecule has 1 atom stereocenters. The van der Waals surface area contributed by atoms with Crippen LogP contribution < -0.4 is 0 Å². The van der Waals surface area contributed by atoms with Crippen LogP contribution in [0.15, 0.2) is 35.1 Å². The molecule has 1 unspecified atom stereocenters. The van der Waals surface area contributed by atoms with Gasteiger partial charge in [0.1, 0.15) is 0 Å². The number of aliphatic hydroxyl groups is 1. The molecule has 2 rings (SSSR count). The van der Waals surface area contributed by atoms with E-state index in [0.29, 0.717) is 10.0 Å². The Hall–Kier alpha value is -1.34. The van der Waals surface area contributed by atoms with Gasteiger partial charge in [-0.15, -0.1) is 0 Å². The van der Waals surface area contributed by atoms with Gasteiger partial charge in [-0.2, -0.15) is 18.3 Å². The summed E-state index contributed by atoms with van der Waals surface area (Å²) in [6.45, 7) is 0. The molecule has 2 aromatic rings. The number of aryl methyl sites for hydroxylation is 1. The van der Waals surface area contributed by atoms with Gasteiger partial charge in [-0.1, -0.05) is 22.0 Å². The van der Waals surface area contributed by atoms with E-state index in [1.54, 1.807) is 13.2 Å². The molecule has 0 saturated carbocycles. The third-order valence-electron chi connectivity index (χ3n) is 2.87. The molecule has 0 amide bonds. The summed E-state index contributed by atoms with van der Waals surface area (Å²) in [5, 5.41) is 14.0. The summed E-state index contributed by atoms with van der Waals surface area (Å²) in [6.07, 6.45) is -2.47. The maximum Gasteiger partial charge on any atom is 0.416 e. The summed E-state index contributed by atoms with van der Waals surface area (Å²) in [7, 11) is 1.71. The molecule has 0 bridgehead atoms. The van der Waals surface area contributed by atoms with Gasteiger partial charge in [0.25, 0.3) is 0 Å². The minimum absolute atomic E-state index is 0.0819. The Kier molecular flexibility index (Phi) is 4.19. The first-order valence-electron chi connectivity index (χ1n) is 5.79. The van der Waals surface area contributed by atoms with Crippen molar-refractivity contribution >= 4 is 15.9 Å². The fourth-order valence-electron chi connectivity index (χ4n) is 1.98.